The van der Waals surface area contributed by atoms with E-state index in [1.807, 2.05) is 30.3 Å². The third kappa shape index (κ3) is 2.94. The number of ether oxygens (including phenoxy) is 2. The molecule has 116 valence electrons. The van der Waals surface area contributed by atoms with Crippen molar-refractivity contribution in [3.05, 3.63) is 54.6 Å². The topological polar surface area (TPSA) is 63.4 Å². The fourth-order valence-electron chi connectivity index (χ4n) is 2.31. The molecule has 0 aliphatic carbocycles. The van der Waals surface area contributed by atoms with Crippen molar-refractivity contribution in [3.8, 4) is 17.2 Å². The number of phenols is 1. The molecular weight excluding hydrogens is 292 g/mol. The van der Waals surface area contributed by atoms with Crippen molar-refractivity contribution < 1.29 is 14.6 Å². The zero-order chi connectivity index (χ0) is 16.2. The van der Waals surface area contributed by atoms with E-state index in [0.29, 0.717) is 22.9 Å². The summed E-state index contributed by atoms with van der Waals surface area (Å²) in [6.45, 7) is 0. The van der Waals surface area contributed by atoms with Gasteiger partial charge in [0, 0.05) is 11.5 Å². The first-order chi connectivity index (χ1) is 11.2. The van der Waals surface area contributed by atoms with Gasteiger partial charge in [-0.25, -0.2) is 0 Å². The maximum absolute atomic E-state index is 10.3. The maximum atomic E-state index is 10.3. The third-order valence-electron chi connectivity index (χ3n) is 3.53. The van der Waals surface area contributed by atoms with Gasteiger partial charge < -0.3 is 14.6 Å². The van der Waals surface area contributed by atoms with Gasteiger partial charge in [-0.3, -0.25) is 0 Å². The van der Waals surface area contributed by atoms with Gasteiger partial charge in [0.15, 0.2) is 5.75 Å². The van der Waals surface area contributed by atoms with E-state index in [-0.39, 0.29) is 5.75 Å². The van der Waals surface area contributed by atoms with Crippen LogP contribution in [-0.4, -0.2) is 19.3 Å². The molecule has 0 saturated carbocycles. The Hall–Kier alpha value is -3.08. The highest BCUT2D eigenvalue weighted by molar-refractivity contribution is 5.92. The quantitative estimate of drug-likeness (QED) is 0.691. The van der Waals surface area contributed by atoms with Crippen LogP contribution in [0.2, 0.25) is 0 Å². The molecule has 0 spiro atoms. The second kappa shape index (κ2) is 6.36. The Labute approximate surface area is 133 Å². The molecule has 0 fully saturated rings. The molecule has 0 saturated heterocycles. The highest BCUT2D eigenvalue weighted by Crippen LogP contribution is 2.37. The van der Waals surface area contributed by atoms with E-state index < -0.39 is 0 Å². The van der Waals surface area contributed by atoms with E-state index in [1.54, 1.807) is 38.5 Å². The van der Waals surface area contributed by atoms with Crippen LogP contribution in [0.5, 0.6) is 17.2 Å². The van der Waals surface area contributed by atoms with E-state index in [4.69, 9.17) is 9.47 Å². The fourth-order valence-corrected chi connectivity index (χ4v) is 2.31. The predicted molar refractivity (Wildman–Crippen MR) is 89.3 cm³/mol. The van der Waals surface area contributed by atoms with E-state index >= 15 is 0 Å². The molecule has 0 aliphatic heterocycles. The van der Waals surface area contributed by atoms with Gasteiger partial charge >= 0.3 is 0 Å². The Bertz CT molecular complexity index is 875. The largest absolute Gasteiger partial charge is 0.505 e. The second-order valence-corrected chi connectivity index (χ2v) is 4.89. The van der Waals surface area contributed by atoms with Crippen molar-refractivity contribution in [2.24, 2.45) is 10.2 Å². The first-order valence-corrected chi connectivity index (χ1v) is 7.07. The molecule has 0 atom stereocenters. The van der Waals surface area contributed by atoms with Gasteiger partial charge in [0.2, 0.25) is 0 Å². The number of phenolic OH excluding ortho intramolecular Hbond substituents is 1. The summed E-state index contributed by atoms with van der Waals surface area (Å²) in [6, 6.07) is 16.5. The standard InChI is InChI=1S/C18H16N2O3/c1-22-13-8-10-17(23-2)16(11-13)20-19-15-9-7-12-5-3-4-6-14(12)18(15)21/h3-11,21H,1-2H3. The van der Waals surface area contributed by atoms with Crippen LogP contribution in [0.1, 0.15) is 0 Å². The van der Waals surface area contributed by atoms with Crippen molar-refractivity contribution in [2.45, 2.75) is 0 Å². The average molecular weight is 308 g/mol. The SMILES string of the molecule is COc1ccc(OC)c(N=Nc2ccc3ccccc3c2O)c1. The Kier molecular flexibility index (Phi) is 4.10. The summed E-state index contributed by atoms with van der Waals surface area (Å²) in [4.78, 5) is 0. The summed E-state index contributed by atoms with van der Waals surface area (Å²) in [7, 11) is 3.15. The molecule has 5 nitrogen and oxygen atoms in total. The van der Waals surface area contributed by atoms with E-state index in [0.717, 1.165) is 10.8 Å². The number of fused-ring (bicyclic) bond motifs is 1. The molecule has 0 heterocycles. The number of nitrogens with zero attached hydrogens (tertiary/aromatic N) is 2. The number of aromatic hydroxyl groups is 1. The van der Waals surface area contributed by atoms with Crippen molar-refractivity contribution in [1.29, 1.82) is 0 Å². The van der Waals surface area contributed by atoms with Gasteiger partial charge in [-0.15, -0.1) is 10.2 Å². The lowest BCUT2D eigenvalue weighted by Crippen LogP contribution is -1.86. The number of hydrogen-bond donors (Lipinski definition) is 1. The van der Waals surface area contributed by atoms with Gasteiger partial charge in [0.1, 0.15) is 22.9 Å². The number of benzene rings is 3. The van der Waals surface area contributed by atoms with Gasteiger partial charge in [-0.2, -0.15) is 0 Å². The van der Waals surface area contributed by atoms with Crippen LogP contribution in [-0.2, 0) is 0 Å². The normalized spacial score (nSPS) is 11.0. The highest BCUT2D eigenvalue weighted by Gasteiger charge is 2.07. The molecule has 0 aromatic heterocycles. The van der Waals surface area contributed by atoms with Crippen molar-refractivity contribution in [1.82, 2.24) is 0 Å². The van der Waals surface area contributed by atoms with E-state index in [9.17, 15) is 5.11 Å². The minimum absolute atomic E-state index is 0.105. The zero-order valence-electron chi connectivity index (χ0n) is 12.9. The van der Waals surface area contributed by atoms with Gasteiger partial charge in [-0.1, -0.05) is 30.3 Å². The summed E-state index contributed by atoms with van der Waals surface area (Å²) < 4.78 is 10.4. The summed E-state index contributed by atoms with van der Waals surface area (Å²) in [5, 5.41) is 20.4. The molecule has 3 aromatic rings. The van der Waals surface area contributed by atoms with Crippen LogP contribution in [0, 0.1) is 0 Å². The predicted octanol–water partition coefficient (Wildman–Crippen LogP) is 4.98. The third-order valence-corrected chi connectivity index (χ3v) is 3.53. The summed E-state index contributed by atoms with van der Waals surface area (Å²) in [5.74, 6) is 1.34. The van der Waals surface area contributed by atoms with Crippen molar-refractivity contribution >= 4 is 22.1 Å². The average Bonchev–Trinajstić information content (AvgIpc) is 2.61. The Balaban J connectivity index is 2.02. The molecule has 0 bridgehead atoms. The molecule has 0 radical (unpaired) electrons. The highest BCUT2D eigenvalue weighted by atomic mass is 16.5. The molecule has 1 N–H and O–H groups in total. The minimum Gasteiger partial charge on any atom is -0.505 e. The molecule has 5 heteroatoms. The van der Waals surface area contributed by atoms with Crippen LogP contribution < -0.4 is 9.47 Å². The Morgan fingerprint density at radius 2 is 1.61 bits per heavy atom. The van der Waals surface area contributed by atoms with Crippen LogP contribution in [0.4, 0.5) is 11.4 Å². The van der Waals surface area contributed by atoms with E-state index in [1.165, 1.54) is 0 Å². The second-order valence-electron chi connectivity index (χ2n) is 4.89. The summed E-state index contributed by atoms with van der Waals surface area (Å²) >= 11 is 0. The van der Waals surface area contributed by atoms with Crippen LogP contribution in [0.25, 0.3) is 10.8 Å². The number of rotatable bonds is 4. The molecule has 3 rings (SSSR count). The first kappa shape index (κ1) is 14.8. The number of methoxy groups -OCH3 is 2. The first-order valence-electron chi connectivity index (χ1n) is 7.07. The van der Waals surface area contributed by atoms with Gasteiger partial charge in [-0.05, 0) is 23.6 Å². The maximum Gasteiger partial charge on any atom is 0.150 e. The lowest BCUT2D eigenvalue weighted by atomic mass is 10.1. The number of azo groups is 1. The van der Waals surface area contributed by atoms with Crippen LogP contribution in [0.15, 0.2) is 64.8 Å². The molecule has 0 amide bonds. The van der Waals surface area contributed by atoms with Gasteiger partial charge in [0.25, 0.3) is 0 Å². The Morgan fingerprint density at radius 3 is 2.39 bits per heavy atom. The number of hydrogen-bond acceptors (Lipinski definition) is 5. The fraction of sp³-hybridized carbons (Fsp3) is 0.111. The minimum atomic E-state index is 0.105. The summed E-state index contributed by atoms with van der Waals surface area (Å²) in [5.41, 5.74) is 0.924. The molecule has 23 heavy (non-hydrogen) atoms. The van der Waals surface area contributed by atoms with Gasteiger partial charge in [0.05, 0.1) is 14.2 Å². The summed E-state index contributed by atoms with van der Waals surface area (Å²) in [6.07, 6.45) is 0. The zero-order valence-corrected chi connectivity index (χ0v) is 12.9. The lowest BCUT2D eigenvalue weighted by molar-refractivity contribution is 0.404. The molecule has 3 aromatic carbocycles. The van der Waals surface area contributed by atoms with Crippen LogP contribution in [0.3, 0.4) is 0 Å². The molecule has 0 aliphatic rings. The van der Waals surface area contributed by atoms with Crippen molar-refractivity contribution in [2.75, 3.05) is 14.2 Å². The van der Waals surface area contributed by atoms with Crippen LogP contribution >= 0.6 is 0 Å². The Morgan fingerprint density at radius 1 is 0.826 bits per heavy atom. The monoisotopic (exact) mass is 308 g/mol. The molecular formula is C18H16N2O3. The smallest absolute Gasteiger partial charge is 0.150 e. The molecule has 0 unspecified atom stereocenters. The van der Waals surface area contributed by atoms with E-state index in [2.05, 4.69) is 10.2 Å². The van der Waals surface area contributed by atoms with Crippen molar-refractivity contribution in [3.63, 3.8) is 0 Å². The lowest BCUT2D eigenvalue weighted by Gasteiger charge is -2.06.